The Kier molecular flexibility index (Phi) is 10.6. The van der Waals surface area contributed by atoms with Crippen molar-refractivity contribution < 1.29 is 0 Å². The molecule has 0 amide bonds. The summed E-state index contributed by atoms with van der Waals surface area (Å²) in [6.45, 7) is 3.08. The molecule has 0 radical (unpaired) electrons. The van der Waals surface area contributed by atoms with Crippen LogP contribution in [0.3, 0.4) is 0 Å². The summed E-state index contributed by atoms with van der Waals surface area (Å²) in [4.78, 5) is 2.35. The first-order valence-electron chi connectivity index (χ1n) is 32.7. The van der Waals surface area contributed by atoms with Gasteiger partial charge >= 0.3 is 0 Å². The zero-order valence-electron chi connectivity index (χ0n) is 51.3. The Morgan fingerprint density at radius 3 is 1.06 bits per heavy atom. The summed E-state index contributed by atoms with van der Waals surface area (Å²) in [6, 6.07) is 111. The summed E-state index contributed by atoms with van der Waals surface area (Å²) in [5.41, 5.74) is 38.1. The van der Waals surface area contributed by atoms with Crippen molar-refractivity contribution in [3.63, 3.8) is 0 Å². The van der Waals surface area contributed by atoms with Gasteiger partial charge in [-0.05, 0) is 164 Å². The van der Waals surface area contributed by atoms with Crippen molar-refractivity contribution in [2.24, 2.45) is 0 Å². The first-order valence-corrected chi connectivity index (χ1v) is 32.7. The minimum absolute atomic E-state index is 0.275. The van der Waals surface area contributed by atoms with Crippen LogP contribution in [0, 0.1) is 18.3 Å². The SMILES string of the molecule is Cc1ccc2c(c1)c1ccc3c4c1n2-c1ccccc1B4c1ccccc1-3.N#Cc1ccc2c(c1)c1ccc3c4c1n2-c1ccccc1B4c1ccccc1-3.c1ccc(N(c2ccccc2)c2ccc3c(c2)c2ccc4c5c2n3-c2ccccc2B5c2ccccc2-4)cc1. The Bertz CT molecular complexity index is 6210. The van der Waals surface area contributed by atoms with Crippen molar-refractivity contribution in [1.29, 1.82) is 5.26 Å². The van der Waals surface area contributed by atoms with Gasteiger partial charge in [0.2, 0.25) is 20.1 Å². The average Bonchev–Trinajstić information content (AvgIpc) is 1.54. The lowest BCUT2D eigenvalue weighted by atomic mass is 9.37. The molecule has 14 aromatic carbocycles. The second-order valence-corrected chi connectivity index (χ2v) is 26.1. The summed E-state index contributed by atoms with van der Waals surface area (Å²) < 4.78 is 7.42. The molecule has 0 spiro atoms. The lowest BCUT2D eigenvalue weighted by Crippen LogP contribution is -2.53. The molecule has 8 heteroatoms. The molecule has 6 aliphatic rings. The Morgan fingerprint density at radius 2 is 0.638 bits per heavy atom. The molecule has 0 aliphatic carbocycles. The van der Waals surface area contributed by atoms with Crippen LogP contribution in [0.5, 0.6) is 0 Å². The smallest absolute Gasteiger partial charge is 0.248 e. The monoisotopic (exact) mass is 1190 g/mol. The number of hydrogen-bond donors (Lipinski definition) is 0. The Labute approximate surface area is 544 Å². The highest BCUT2D eigenvalue weighted by molar-refractivity contribution is 7.03. The number of aryl methyl sites for hydroxylation is 1. The van der Waals surface area contributed by atoms with E-state index in [4.69, 9.17) is 0 Å². The molecule has 17 aromatic rings. The van der Waals surface area contributed by atoms with E-state index in [-0.39, 0.29) is 13.4 Å². The second-order valence-electron chi connectivity index (χ2n) is 26.1. The molecule has 23 rings (SSSR count). The fourth-order valence-electron chi connectivity index (χ4n) is 17.9. The highest BCUT2D eigenvalue weighted by atomic mass is 15.1. The number of aromatic nitrogens is 3. The topological polar surface area (TPSA) is 41.8 Å². The van der Waals surface area contributed by atoms with Crippen molar-refractivity contribution >= 4 is 152 Å². The van der Waals surface area contributed by atoms with Gasteiger partial charge in [-0.1, -0.05) is 228 Å². The molecule has 430 valence electrons. The third-order valence-electron chi connectivity index (χ3n) is 21.5. The molecule has 0 unspecified atom stereocenters. The van der Waals surface area contributed by atoms with E-state index in [1.165, 1.54) is 165 Å². The van der Waals surface area contributed by atoms with Crippen molar-refractivity contribution in [1.82, 2.24) is 13.7 Å². The molecule has 0 N–H and O–H groups in total. The number of rotatable bonds is 3. The highest BCUT2D eigenvalue weighted by Gasteiger charge is 2.44. The molecule has 6 aliphatic heterocycles. The van der Waals surface area contributed by atoms with Crippen LogP contribution in [0.4, 0.5) is 17.1 Å². The molecule has 5 nitrogen and oxygen atoms in total. The van der Waals surface area contributed by atoms with E-state index in [1.54, 1.807) is 0 Å². The fraction of sp³-hybridized carbons (Fsp3) is 0.0116. The number of nitrogens with zero attached hydrogens (tertiary/aromatic N) is 5. The highest BCUT2D eigenvalue weighted by Crippen LogP contribution is 2.44. The molecule has 94 heavy (non-hydrogen) atoms. The lowest BCUT2D eigenvalue weighted by molar-refractivity contribution is 1.19. The normalized spacial score (nSPS) is 12.9. The summed E-state index contributed by atoms with van der Waals surface area (Å²) in [6.07, 6.45) is 0. The summed E-state index contributed by atoms with van der Waals surface area (Å²) in [5.74, 6) is 0. The van der Waals surface area contributed by atoms with Crippen LogP contribution in [0.25, 0.3) is 116 Å². The first-order chi connectivity index (χ1) is 46.6. The van der Waals surface area contributed by atoms with Gasteiger partial charge in [0.05, 0.1) is 28.2 Å². The van der Waals surface area contributed by atoms with Crippen molar-refractivity contribution in [2.75, 3.05) is 4.90 Å². The van der Waals surface area contributed by atoms with E-state index >= 15 is 0 Å². The zero-order valence-corrected chi connectivity index (χ0v) is 51.3. The number of hydrogen-bond acceptors (Lipinski definition) is 2. The largest absolute Gasteiger partial charge is 0.310 e. The van der Waals surface area contributed by atoms with Crippen LogP contribution >= 0.6 is 0 Å². The minimum Gasteiger partial charge on any atom is -0.310 e. The Hall–Kier alpha value is -12.0. The molecule has 0 saturated carbocycles. The molecular formula is C86H52B3N5. The number of fused-ring (bicyclic) bond motifs is 27. The molecule has 0 atom stereocenters. The van der Waals surface area contributed by atoms with Gasteiger partial charge in [-0.2, -0.15) is 5.26 Å². The number of para-hydroxylation sites is 5. The van der Waals surface area contributed by atoms with Gasteiger partial charge in [-0.15, -0.1) is 0 Å². The maximum Gasteiger partial charge on any atom is 0.248 e. The standard InChI is InChI=1S/C36H23BN2.C25H13BN2.C25H16BN/c1-3-11-24(12-4-1)38(25-13-5-2-6-14-25)26-19-22-33-30(23-26)29-21-20-28-27-15-7-8-16-31(27)37-32-17-9-10-18-34(32)39(33)36(29)35(28)37;27-14-15-9-12-22-19(13-15)18-11-10-17-16-5-1-2-6-20(16)26-21-7-3-4-8-23(21)28(22)25(18)24(17)26;1-15-10-13-22-19(14-15)18-12-11-17-16-6-2-3-7-20(16)26-21-8-4-5-9-23(21)27(22)25(18)24(17)26/h1-23H;1-13H;2-14H,1H3. The lowest BCUT2D eigenvalue weighted by Gasteiger charge is -2.26. The van der Waals surface area contributed by atoms with E-state index in [1.807, 2.05) is 12.1 Å². The molecule has 0 fully saturated rings. The van der Waals surface area contributed by atoms with E-state index in [0.717, 1.165) is 22.4 Å². The van der Waals surface area contributed by atoms with Crippen molar-refractivity contribution in [3.05, 3.63) is 308 Å². The van der Waals surface area contributed by atoms with E-state index in [2.05, 4.69) is 317 Å². The molecule has 3 aromatic heterocycles. The summed E-state index contributed by atoms with van der Waals surface area (Å²) in [5, 5.41) is 17.1. The molecular weight excluding hydrogens is 1140 g/mol. The minimum atomic E-state index is 0.275. The van der Waals surface area contributed by atoms with Gasteiger partial charge in [-0.25, -0.2) is 0 Å². The van der Waals surface area contributed by atoms with Gasteiger partial charge in [0.15, 0.2) is 0 Å². The van der Waals surface area contributed by atoms with Gasteiger partial charge in [0, 0.05) is 83.0 Å². The molecule has 9 heterocycles. The first kappa shape index (κ1) is 51.7. The summed E-state index contributed by atoms with van der Waals surface area (Å²) in [7, 11) is 0. The predicted molar refractivity (Wildman–Crippen MR) is 397 cm³/mol. The van der Waals surface area contributed by atoms with E-state index in [0.29, 0.717) is 12.3 Å². The molecule has 0 bridgehead atoms. The van der Waals surface area contributed by atoms with Crippen LogP contribution in [-0.4, -0.2) is 33.8 Å². The molecule has 0 saturated heterocycles. The van der Waals surface area contributed by atoms with E-state index < -0.39 is 0 Å². The van der Waals surface area contributed by atoms with Crippen LogP contribution in [0.15, 0.2) is 297 Å². The van der Waals surface area contributed by atoms with Crippen molar-refractivity contribution in [2.45, 2.75) is 6.92 Å². The number of benzene rings is 14. The Balaban J connectivity index is 0.0000000965. The van der Waals surface area contributed by atoms with Crippen molar-refractivity contribution in [3.8, 4) is 56.5 Å². The zero-order chi connectivity index (χ0) is 61.6. The number of nitriles is 1. The second kappa shape index (κ2) is 19.3. The van der Waals surface area contributed by atoms with Gasteiger partial charge < -0.3 is 18.6 Å². The predicted octanol–water partition coefficient (Wildman–Crippen LogP) is 14.4. The van der Waals surface area contributed by atoms with E-state index in [9.17, 15) is 5.26 Å². The van der Waals surface area contributed by atoms with Crippen LogP contribution in [0.2, 0.25) is 0 Å². The Morgan fingerprint density at radius 1 is 0.287 bits per heavy atom. The number of anilines is 3. The van der Waals surface area contributed by atoms with Crippen LogP contribution < -0.4 is 54.1 Å². The quantitative estimate of drug-likeness (QED) is 0.165. The van der Waals surface area contributed by atoms with Crippen LogP contribution in [0.1, 0.15) is 11.1 Å². The maximum absolute atomic E-state index is 9.42. The average molecular weight is 1190 g/mol. The van der Waals surface area contributed by atoms with Crippen LogP contribution in [-0.2, 0) is 0 Å². The van der Waals surface area contributed by atoms with Gasteiger partial charge in [0.25, 0.3) is 0 Å². The third-order valence-corrected chi connectivity index (χ3v) is 21.5. The third kappa shape index (κ3) is 6.84. The van der Waals surface area contributed by atoms with Gasteiger partial charge in [0.1, 0.15) is 0 Å². The maximum atomic E-state index is 9.42. The van der Waals surface area contributed by atoms with Gasteiger partial charge in [-0.3, -0.25) is 0 Å². The summed E-state index contributed by atoms with van der Waals surface area (Å²) >= 11 is 0. The fourth-order valence-corrected chi connectivity index (χ4v) is 17.9.